The van der Waals surface area contributed by atoms with Gasteiger partial charge in [-0.2, -0.15) is 0 Å². The lowest BCUT2D eigenvalue weighted by atomic mass is 10.0. The Labute approximate surface area is 233 Å². The predicted molar refractivity (Wildman–Crippen MR) is 146 cm³/mol. The first-order valence-corrected chi connectivity index (χ1v) is 13.3. The van der Waals surface area contributed by atoms with Crippen molar-refractivity contribution >= 4 is 29.8 Å². The van der Waals surface area contributed by atoms with Crippen molar-refractivity contribution in [2.24, 2.45) is 5.92 Å². The smallest absolute Gasteiger partial charge is 0.407 e. The molecule has 11 heteroatoms. The van der Waals surface area contributed by atoms with Crippen molar-refractivity contribution in [1.29, 1.82) is 0 Å². The number of hydrogen-bond donors (Lipinski definition) is 3. The van der Waals surface area contributed by atoms with Gasteiger partial charge < -0.3 is 30.3 Å². The van der Waals surface area contributed by atoms with E-state index in [0.717, 1.165) is 11.1 Å². The molecule has 11 nitrogen and oxygen atoms in total. The molecule has 0 spiro atoms. The van der Waals surface area contributed by atoms with E-state index in [2.05, 4.69) is 16.0 Å². The standard InChI is InChI=1S/C29H36N4O7/c1-3-39-25(35)18-30-27(36)26-20(2)14-15-33(26)28(37)23(16-21-10-6-4-7-11-21)32-24(34)17-31-29(38)40-19-22-12-8-5-9-13-22/h4-13,20,23,26H,3,14-19H2,1-2H3,(H,30,36)(H,31,38)(H,32,34)/t20?,23-,26-/m0/s1. The molecule has 2 aromatic carbocycles. The molecule has 40 heavy (non-hydrogen) atoms. The Hall–Kier alpha value is -4.41. The van der Waals surface area contributed by atoms with E-state index in [0.29, 0.717) is 13.0 Å². The predicted octanol–water partition coefficient (Wildman–Crippen LogP) is 1.56. The second-order valence-corrected chi connectivity index (χ2v) is 9.49. The van der Waals surface area contributed by atoms with Crippen LogP contribution >= 0.6 is 0 Å². The van der Waals surface area contributed by atoms with E-state index in [-0.39, 0.29) is 32.1 Å². The summed E-state index contributed by atoms with van der Waals surface area (Å²) in [6.45, 7) is 3.40. The first-order valence-electron chi connectivity index (χ1n) is 13.3. The third-order valence-electron chi connectivity index (χ3n) is 6.49. The molecular formula is C29H36N4O7. The Morgan fingerprint density at radius 1 is 0.900 bits per heavy atom. The van der Waals surface area contributed by atoms with E-state index in [9.17, 15) is 24.0 Å². The number of carbonyl (C=O) groups excluding carboxylic acids is 5. The molecule has 1 saturated heterocycles. The van der Waals surface area contributed by atoms with E-state index in [1.807, 2.05) is 67.6 Å². The van der Waals surface area contributed by atoms with Crippen molar-refractivity contribution in [2.45, 2.75) is 45.4 Å². The summed E-state index contributed by atoms with van der Waals surface area (Å²) in [5.41, 5.74) is 1.61. The molecular weight excluding hydrogens is 516 g/mol. The number of nitrogens with one attached hydrogen (secondary N) is 3. The van der Waals surface area contributed by atoms with Crippen molar-refractivity contribution in [2.75, 3.05) is 26.2 Å². The zero-order chi connectivity index (χ0) is 28.9. The Bertz CT molecular complexity index is 1160. The van der Waals surface area contributed by atoms with Crippen LogP contribution in [0.3, 0.4) is 0 Å². The van der Waals surface area contributed by atoms with E-state index >= 15 is 0 Å². The summed E-state index contributed by atoms with van der Waals surface area (Å²) in [7, 11) is 0. The molecule has 1 fully saturated rings. The zero-order valence-corrected chi connectivity index (χ0v) is 22.8. The summed E-state index contributed by atoms with van der Waals surface area (Å²) in [6.07, 6.45) is 0.00677. The topological polar surface area (TPSA) is 143 Å². The molecule has 3 atom stereocenters. The molecule has 0 aliphatic carbocycles. The van der Waals surface area contributed by atoms with Crippen LogP contribution in [0.25, 0.3) is 0 Å². The third-order valence-corrected chi connectivity index (χ3v) is 6.49. The number of rotatable bonds is 12. The van der Waals surface area contributed by atoms with Gasteiger partial charge in [-0.15, -0.1) is 0 Å². The first-order chi connectivity index (χ1) is 19.3. The van der Waals surface area contributed by atoms with Crippen LogP contribution in [0.1, 0.15) is 31.4 Å². The maximum Gasteiger partial charge on any atom is 0.407 e. The van der Waals surface area contributed by atoms with E-state index < -0.39 is 48.4 Å². The van der Waals surface area contributed by atoms with Crippen molar-refractivity contribution in [3.63, 3.8) is 0 Å². The summed E-state index contributed by atoms with van der Waals surface area (Å²) < 4.78 is 9.99. The SMILES string of the molecule is CCOC(=O)CNC(=O)[C@@H]1C(C)CCN1C(=O)[C@H](Cc1ccccc1)NC(=O)CNC(=O)OCc1ccccc1. The fraction of sp³-hybridized carbons (Fsp3) is 0.414. The van der Waals surface area contributed by atoms with Gasteiger partial charge in [-0.25, -0.2) is 4.79 Å². The van der Waals surface area contributed by atoms with Gasteiger partial charge in [0.25, 0.3) is 0 Å². The van der Waals surface area contributed by atoms with E-state index in [4.69, 9.17) is 9.47 Å². The van der Waals surface area contributed by atoms with E-state index in [1.54, 1.807) is 6.92 Å². The maximum atomic E-state index is 13.7. The lowest BCUT2D eigenvalue weighted by molar-refractivity contribution is -0.145. The molecule has 2 aromatic rings. The Balaban J connectivity index is 1.63. The van der Waals surface area contributed by atoms with Crippen LogP contribution in [0, 0.1) is 5.92 Å². The number of nitrogens with zero attached hydrogens (tertiary/aromatic N) is 1. The number of amides is 4. The largest absolute Gasteiger partial charge is 0.465 e. The second-order valence-electron chi connectivity index (χ2n) is 9.49. The molecule has 3 N–H and O–H groups in total. The highest BCUT2D eigenvalue weighted by molar-refractivity contribution is 5.94. The lowest BCUT2D eigenvalue weighted by Crippen LogP contribution is -2.56. The minimum atomic E-state index is -0.984. The average molecular weight is 553 g/mol. The zero-order valence-electron chi connectivity index (χ0n) is 22.8. The van der Waals surface area contributed by atoms with Gasteiger partial charge in [0.05, 0.1) is 6.61 Å². The van der Waals surface area contributed by atoms with Crippen LogP contribution in [0.4, 0.5) is 4.79 Å². The van der Waals surface area contributed by atoms with Crippen molar-refractivity contribution in [1.82, 2.24) is 20.9 Å². The van der Waals surface area contributed by atoms with Gasteiger partial charge in [-0.3, -0.25) is 19.2 Å². The molecule has 0 radical (unpaired) electrons. The number of ether oxygens (including phenoxy) is 2. The van der Waals surface area contributed by atoms with Gasteiger partial charge in [-0.05, 0) is 30.4 Å². The molecule has 0 aromatic heterocycles. The van der Waals surface area contributed by atoms with Crippen LogP contribution in [-0.2, 0) is 41.7 Å². The molecule has 3 rings (SSSR count). The number of hydrogen-bond acceptors (Lipinski definition) is 7. The Kier molecular flexibility index (Phi) is 11.5. The molecule has 1 aliphatic heterocycles. The monoisotopic (exact) mass is 552 g/mol. The Morgan fingerprint density at radius 2 is 1.55 bits per heavy atom. The molecule has 214 valence electrons. The number of esters is 1. The van der Waals surface area contributed by atoms with Crippen molar-refractivity contribution < 1.29 is 33.4 Å². The van der Waals surface area contributed by atoms with E-state index in [1.165, 1.54) is 4.90 Å². The molecule has 4 amide bonds. The minimum absolute atomic E-state index is 0.0518. The maximum absolute atomic E-state index is 13.7. The summed E-state index contributed by atoms with van der Waals surface area (Å²) in [4.78, 5) is 64.7. The van der Waals surface area contributed by atoms with Crippen molar-refractivity contribution in [3.05, 3.63) is 71.8 Å². The van der Waals surface area contributed by atoms with Gasteiger partial charge >= 0.3 is 12.1 Å². The van der Waals surface area contributed by atoms with Gasteiger partial charge in [0.2, 0.25) is 17.7 Å². The van der Waals surface area contributed by atoms with Gasteiger partial charge in [0, 0.05) is 13.0 Å². The number of likely N-dealkylation sites (tertiary alicyclic amines) is 1. The van der Waals surface area contributed by atoms with Crippen LogP contribution in [0.15, 0.2) is 60.7 Å². The summed E-state index contributed by atoms with van der Waals surface area (Å²) in [6, 6.07) is 16.5. The van der Waals surface area contributed by atoms with Crippen molar-refractivity contribution in [3.8, 4) is 0 Å². The number of carbonyl (C=O) groups is 5. The fourth-order valence-corrected chi connectivity index (χ4v) is 4.49. The highest BCUT2D eigenvalue weighted by atomic mass is 16.5. The molecule has 0 saturated carbocycles. The molecule has 1 heterocycles. The minimum Gasteiger partial charge on any atom is -0.465 e. The van der Waals surface area contributed by atoms with Gasteiger partial charge in [0.15, 0.2) is 0 Å². The highest BCUT2D eigenvalue weighted by Crippen LogP contribution is 2.25. The second kappa shape index (κ2) is 15.2. The van der Waals surface area contributed by atoms with Gasteiger partial charge in [-0.1, -0.05) is 67.6 Å². The number of benzene rings is 2. The summed E-state index contributed by atoms with van der Waals surface area (Å²) in [5.74, 6) is -2.19. The highest BCUT2D eigenvalue weighted by Gasteiger charge is 2.42. The quantitative estimate of drug-likeness (QED) is 0.339. The third kappa shape index (κ3) is 9.11. The molecule has 0 bridgehead atoms. The summed E-state index contributed by atoms with van der Waals surface area (Å²) >= 11 is 0. The normalized spacial score (nSPS) is 16.9. The average Bonchev–Trinajstić information content (AvgIpc) is 3.35. The van der Waals surface area contributed by atoms with Gasteiger partial charge in [0.1, 0.15) is 31.8 Å². The van der Waals surface area contributed by atoms with Crippen LogP contribution in [0.2, 0.25) is 0 Å². The Morgan fingerprint density at radius 3 is 2.20 bits per heavy atom. The summed E-state index contributed by atoms with van der Waals surface area (Å²) in [5, 5.41) is 7.66. The fourth-order valence-electron chi connectivity index (χ4n) is 4.49. The molecule has 1 aliphatic rings. The molecule has 1 unspecified atom stereocenters. The van der Waals surface area contributed by atoms with Crippen LogP contribution in [0.5, 0.6) is 0 Å². The van der Waals surface area contributed by atoms with Crippen LogP contribution < -0.4 is 16.0 Å². The first kappa shape index (κ1) is 30.1. The van der Waals surface area contributed by atoms with Crippen LogP contribution in [-0.4, -0.2) is 73.0 Å². The number of alkyl carbamates (subject to hydrolysis) is 1. The lowest BCUT2D eigenvalue weighted by Gasteiger charge is -2.30.